The summed E-state index contributed by atoms with van der Waals surface area (Å²) in [4.78, 5) is 16.0. The van der Waals surface area contributed by atoms with Crippen LogP contribution in [0.15, 0.2) is 22.8 Å². The number of furan rings is 1. The molecule has 0 spiro atoms. The summed E-state index contributed by atoms with van der Waals surface area (Å²) >= 11 is 0. The summed E-state index contributed by atoms with van der Waals surface area (Å²) in [6, 6.07) is 3.79. The molecule has 0 atom stereocenters. The second-order valence-electron chi connectivity index (χ2n) is 5.26. The van der Waals surface area contributed by atoms with E-state index in [0.29, 0.717) is 13.1 Å². The van der Waals surface area contributed by atoms with Gasteiger partial charge in [-0.1, -0.05) is 0 Å². The first kappa shape index (κ1) is 16.0. The van der Waals surface area contributed by atoms with E-state index >= 15 is 0 Å². The monoisotopic (exact) mass is 315 g/mol. The summed E-state index contributed by atoms with van der Waals surface area (Å²) in [5, 5.41) is 0. The topological polar surface area (TPSA) is 74.1 Å². The molecule has 1 amide bonds. The van der Waals surface area contributed by atoms with Gasteiger partial charge in [0.05, 0.1) is 25.6 Å². The fraction of sp³-hybridized carbons (Fsp3) is 0.615. The van der Waals surface area contributed by atoms with Crippen LogP contribution in [-0.4, -0.2) is 74.5 Å². The molecule has 1 aromatic heterocycles. The van der Waals surface area contributed by atoms with Crippen molar-refractivity contribution < 1.29 is 17.6 Å². The maximum Gasteiger partial charge on any atom is 0.237 e. The van der Waals surface area contributed by atoms with Crippen molar-refractivity contribution in [3.8, 4) is 0 Å². The minimum Gasteiger partial charge on any atom is -0.468 e. The lowest BCUT2D eigenvalue weighted by molar-refractivity contribution is -0.133. The van der Waals surface area contributed by atoms with Crippen LogP contribution in [0.4, 0.5) is 0 Å². The fourth-order valence-electron chi connectivity index (χ4n) is 2.19. The molecule has 0 saturated carbocycles. The first-order valence-corrected chi connectivity index (χ1v) is 8.65. The number of hydrogen-bond acceptors (Lipinski definition) is 5. The number of likely N-dealkylation sites (N-methyl/N-ethyl adjacent to an activating group) is 1. The van der Waals surface area contributed by atoms with Crippen molar-refractivity contribution >= 4 is 15.9 Å². The Labute approximate surface area is 125 Å². The van der Waals surface area contributed by atoms with Gasteiger partial charge in [-0.05, 0) is 12.1 Å². The van der Waals surface area contributed by atoms with E-state index in [9.17, 15) is 13.2 Å². The molecule has 0 aromatic carbocycles. The largest absolute Gasteiger partial charge is 0.468 e. The van der Waals surface area contributed by atoms with Gasteiger partial charge < -0.3 is 9.32 Å². The van der Waals surface area contributed by atoms with Crippen molar-refractivity contribution in [3.05, 3.63) is 24.2 Å². The lowest BCUT2D eigenvalue weighted by Gasteiger charge is -2.34. The van der Waals surface area contributed by atoms with E-state index < -0.39 is 10.0 Å². The van der Waals surface area contributed by atoms with Gasteiger partial charge in [0.15, 0.2) is 0 Å². The second-order valence-corrected chi connectivity index (χ2v) is 7.34. The van der Waals surface area contributed by atoms with Gasteiger partial charge in [0, 0.05) is 33.2 Å². The molecule has 0 radical (unpaired) electrons. The lowest BCUT2D eigenvalue weighted by atomic mass is 10.3. The van der Waals surface area contributed by atoms with Crippen LogP contribution in [0.3, 0.4) is 0 Å². The van der Waals surface area contributed by atoms with E-state index in [1.165, 1.54) is 7.05 Å². The average Bonchev–Trinajstić information content (AvgIpc) is 2.91. The minimum absolute atomic E-state index is 0.100. The smallest absolute Gasteiger partial charge is 0.237 e. The van der Waals surface area contributed by atoms with Crippen molar-refractivity contribution in [2.24, 2.45) is 0 Å². The highest BCUT2D eigenvalue weighted by Crippen LogP contribution is 2.09. The molecular formula is C13H21N3O4S. The Hall–Kier alpha value is -1.38. The Bertz CT molecular complexity index is 562. The minimum atomic E-state index is -3.32. The van der Waals surface area contributed by atoms with Crippen molar-refractivity contribution in [3.63, 3.8) is 0 Å². The molecule has 7 nitrogen and oxygen atoms in total. The van der Waals surface area contributed by atoms with Crippen LogP contribution in [0.25, 0.3) is 0 Å². The zero-order chi connectivity index (χ0) is 15.5. The molecule has 0 N–H and O–H groups in total. The Balaban J connectivity index is 1.79. The van der Waals surface area contributed by atoms with Gasteiger partial charge >= 0.3 is 0 Å². The number of amides is 1. The zero-order valence-corrected chi connectivity index (χ0v) is 13.2. The fourth-order valence-corrected chi connectivity index (χ4v) is 2.53. The maximum atomic E-state index is 12.1. The van der Waals surface area contributed by atoms with Crippen LogP contribution < -0.4 is 0 Å². The molecule has 8 heteroatoms. The van der Waals surface area contributed by atoms with Crippen LogP contribution >= 0.6 is 0 Å². The summed E-state index contributed by atoms with van der Waals surface area (Å²) in [6.07, 6.45) is 2.75. The van der Waals surface area contributed by atoms with Gasteiger partial charge in [-0.25, -0.2) is 8.42 Å². The Kier molecular flexibility index (Phi) is 5.02. The highest BCUT2D eigenvalue weighted by Gasteiger charge is 2.24. The number of hydrogen-bond donors (Lipinski definition) is 0. The standard InChI is InChI=1S/C13H21N3O4S/c1-14(21(2,18)19)11-13(17)16-7-5-15(6-8-16)10-12-4-3-9-20-12/h3-4,9H,5-8,10-11H2,1-2H3. The van der Waals surface area contributed by atoms with Crippen LogP contribution in [0.5, 0.6) is 0 Å². The lowest BCUT2D eigenvalue weighted by Crippen LogP contribution is -2.50. The molecule has 1 aromatic rings. The van der Waals surface area contributed by atoms with Crippen LogP contribution in [-0.2, 0) is 21.4 Å². The molecule has 0 unspecified atom stereocenters. The number of piperazine rings is 1. The number of carbonyl (C=O) groups excluding carboxylic acids is 1. The van der Waals surface area contributed by atoms with E-state index in [0.717, 1.165) is 36.0 Å². The quantitative estimate of drug-likeness (QED) is 0.753. The molecule has 21 heavy (non-hydrogen) atoms. The third kappa shape index (κ3) is 4.55. The first-order chi connectivity index (χ1) is 9.86. The summed E-state index contributed by atoms with van der Waals surface area (Å²) in [7, 11) is -1.90. The number of carbonyl (C=O) groups is 1. The molecule has 1 saturated heterocycles. The zero-order valence-electron chi connectivity index (χ0n) is 12.4. The van der Waals surface area contributed by atoms with Gasteiger partial charge in [-0.2, -0.15) is 4.31 Å². The van der Waals surface area contributed by atoms with Crippen molar-refractivity contribution in [2.75, 3.05) is 46.0 Å². The van der Waals surface area contributed by atoms with Crippen LogP contribution in [0.2, 0.25) is 0 Å². The van der Waals surface area contributed by atoms with Crippen LogP contribution in [0, 0.1) is 0 Å². The van der Waals surface area contributed by atoms with Gasteiger partial charge in [0.1, 0.15) is 5.76 Å². The number of sulfonamides is 1. The summed E-state index contributed by atoms with van der Waals surface area (Å²) in [5.74, 6) is 0.757. The molecule has 1 aliphatic heterocycles. The summed E-state index contributed by atoms with van der Waals surface area (Å²) in [6.45, 7) is 3.37. The van der Waals surface area contributed by atoms with Gasteiger partial charge in [0.25, 0.3) is 0 Å². The third-order valence-corrected chi connectivity index (χ3v) is 4.87. The predicted octanol–water partition coefficient (Wildman–Crippen LogP) is -0.185. The summed E-state index contributed by atoms with van der Waals surface area (Å²) in [5.41, 5.74) is 0. The SMILES string of the molecule is CN(CC(=O)N1CCN(Cc2ccco2)CC1)S(C)(=O)=O. The molecule has 0 bridgehead atoms. The average molecular weight is 315 g/mol. The Morgan fingerprint density at radius 3 is 2.52 bits per heavy atom. The molecule has 2 heterocycles. The van der Waals surface area contributed by atoms with E-state index in [1.54, 1.807) is 11.2 Å². The Morgan fingerprint density at radius 1 is 1.33 bits per heavy atom. The van der Waals surface area contributed by atoms with E-state index in [2.05, 4.69) is 4.90 Å². The Morgan fingerprint density at radius 2 is 2.00 bits per heavy atom. The predicted molar refractivity (Wildman–Crippen MR) is 78.0 cm³/mol. The molecule has 2 rings (SSSR count). The van der Waals surface area contributed by atoms with Crippen LogP contribution in [0.1, 0.15) is 5.76 Å². The van der Waals surface area contributed by atoms with Gasteiger partial charge in [-0.15, -0.1) is 0 Å². The number of nitrogens with zero attached hydrogens (tertiary/aromatic N) is 3. The first-order valence-electron chi connectivity index (χ1n) is 6.80. The third-order valence-electron chi connectivity index (χ3n) is 3.61. The second kappa shape index (κ2) is 6.59. The van der Waals surface area contributed by atoms with E-state index in [-0.39, 0.29) is 12.5 Å². The van der Waals surface area contributed by atoms with E-state index in [4.69, 9.17) is 4.42 Å². The van der Waals surface area contributed by atoms with E-state index in [1.807, 2.05) is 12.1 Å². The molecular weight excluding hydrogens is 294 g/mol. The van der Waals surface area contributed by atoms with Crippen molar-refractivity contribution in [1.29, 1.82) is 0 Å². The van der Waals surface area contributed by atoms with Gasteiger partial charge in [0.2, 0.25) is 15.9 Å². The van der Waals surface area contributed by atoms with Crippen molar-refractivity contribution in [1.82, 2.24) is 14.1 Å². The molecule has 1 fully saturated rings. The number of rotatable bonds is 5. The molecule has 0 aliphatic carbocycles. The highest BCUT2D eigenvalue weighted by atomic mass is 32.2. The highest BCUT2D eigenvalue weighted by molar-refractivity contribution is 7.88. The molecule has 1 aliphatic rings. The summed E-state index contributed by atoms with van der Waals surface area (Å²) < 4.78 is 29.0. The molecule has 118 valence electrons. The normalized spacial score (nSPS) is 17.4. The van der Waals surface area contributed by atoms with Crippen molar-refractivity contribution in [2.45, 2.75) is 6.54 Å². The van der Waals surface area contributed by atoms with Gasteiger partial charge in [-0.3, -0.25) is 9.69 Å². The maximum absolute atomic E-state index is 12.1.